The van der Waals surface area contributed by atoms with Crippen molar-refractivity contribution in [2.24, 2.45) is 11.8 Å². The predicted octanol–water partition coefficient (Wildman–Crippen LogP) is 3.48. The van der Waals surface area contributed by atoms with Crippen molar-refractivity contribution in [2.45, 2.75) is 25.2 Å². The van der Waals surface area contributed by atoms with E-state index in [0.717, 1.165) is 26.1 Å². The van der Waals surface area contributed by atoms with Crippen LogP contribution in [0.4, 0.5) is 0 Å². The number of fused-ring (bicyclic) bond motifs is 1. The van der Waals surface area contributed by atoms with Gasteiger partial charge in [0.25, 0.3) is 0 Å². The molecular weight excluding hydrogens is 320 g/mol. The third kappa shape index (κ3) is 3.57. The van der Waals surface area contributed by atoms with Gasteiger partial charge >= 0.3 is 0 Å². The Hall–Kier alpha value is -1.58. The molecule has 4 heteroatoms. The Morgan fingerprint density at radius 3 is 2.83 bits per heavy atom. The van der Waals surface area contributed by atoms with E-state index in [2.05, 4.69) is 53.1 Å². The number of amides is 1. The fourth-order valence-corrected chi connectivity index (χ4v) is 3.88. The van der Waals surface area contributed by atoms with Gasteiger partial charge in [-0.3, -0.25) is 4.79 Å². The summed E-state index contributed by atoms with van der Waals surface area (Å²) < 4.78 is 0. The van der Waals surface area contributed by atoms with Crippen LogP contribution in [0.2, 0.25) is 0 Å². The first-order chi connectivity index (χ1) is 11.3. The van der Waals surface area contributed by atoms with Gasteiger partial charge in [0.2, 0.25) is 5.91 Å². The van der Waals surface area contributed by atoms with Crippen molar-refractivity contribution in [3.05, 3.63) is 48.0 Å². The molecule has 3 nitrogen and oxygen atoms in total. The van der Waals surface area contributed by atoms with Crippen LogP contribution < -0.4 is 10.6 Å². The van der Waals surface area contributed by atoms with Gasteiger partial charge in [-0.2, -0.15) is 0 Å². The van der Waals surface area contributed by atoms with Crippen molar-refractivity contribution in [1.82, 2.24) is 10.6 Å². The fraction of sp³-hybridized carbons (Fsp3) is 0.450. The van der Waals surface area contributed by atoms with E-state index in [0.29, 0.717) is 11.8 Å². The van der Waals surface area contributed by atoms with Crippen LogP contribution in [0.5, 0.6) is 0 Å². The zero-order valence-electron chi connectivity index (χ0n) is 13.8. The molecule has 0 aromatic heterocycles. The van der Waals surface area contributed by atoms with E-state index in [-0.39, 0.29) is 24.2 Å². The van der Waals surface area contributed by atoms with Gasteiger partial charge in [-0.25, -0.2) is 0 Å². The highest BCUT2D eigenvalue weighted by Crippen LogP contribution is 2.49. The fourth-order valence-electron chi connectivity index (χ4n) is 3.88. The van der Waals surface area contributed by atoms with E-state index in [1.54, 1.807) is 0 Å². The second-order valence-electron chi connectivity index (χ2n) is 6.97. The summed E-state index contributed by atoms with van der Waals surface area (Å²) >= 11 is 0. The third-order valence-electron chi connectivity index (χ3n) is 5.31. The van der Waals surface area contributed by atoms with Gasteiger partial charge in [0.05, 0.1) is 0 Å². The first kappa shape index (κ1) is 17.2. The second kappa shape index (κ2) is 7.54. The Morgan fingerprint density at radius 2 is 2.00 bits per heavy atom. The quantitative estimate of drug-likeness (QED) is 0.891. The van der Waals surface area contributed by atoms with E-state index >= 15 is 0 Å². The summed E-state index contributed by atoms with van der Waals surface area (Å²) in [6.07, 6.45) is 3.44. The largest absolute Gasteiger partial charge is 0.356 e. The minimum Gasteiger partial charge on any atom is -0.356 e. The zero-order chi connectivity index (χ0) is 15.6. The lowest BCUT2D eigenvalue weighted by Crippen LogP contribution is -2.38. The number of nitrogens with one attached hydrogen (secondary N) is 2. The van der Waals surface area contributed by atoms with Gasteiger partial charge in [0, 0.05) is 12.5 Å². The molecule has 1 aliphatic carbocycles. The Balaban J connectivity index is 0.00000169. The number of hydrogen-bond donors (Lipinski definition) is 2. The van der Waals surface area contributed by atoms with E-state index in [4.69, 9.17) is 0 Å². The van der Waals surface area contributed by atoms with Gasteiger partial charge in [0.15, 0.2) is 0 Å². The molecule has 2 fully saturated rings. The van der Waals surface area contributed by atoms with Crippen molar-refractivity contribution < 1.29 is 4.79 Å². The van der Waals surface area contributed by atoms with E-state index in [1.165, 1.54) is 29.2 Å². The van der Waals surface area contributed by atoms with Crippen LogP contribution in [-0.4, -0.2) is 25.5 Å². The lowest BCUT2D eigenvalue weighted by molar-refractivity contribution is -0.122. The third-order valence-corrected chi connectivity index (χ3v) is 5.31. The molecule has 0 bridgehead atoms. The maximum absolute atomic E-state index is 12.4. The molecule has 2 N–H and O–H groups in total. The van der Waals surface area contributed by atoms with Crippen LogP contribution in [0.15, 0.2) is 42.5 Å². The van der Waals surface area contributed by atoms with Crippen molar-refractivity contribution in [3.8, 4) is 0 Å². The number of halogens is 1. The molecule has 0 radical (unpaired) electrons. The van der Waals surface area contributed by atoms with Crippen LogP contribution in [0.3, 0.4) is 0 Å². The van der Waals surface area contributed by atoms with E-state index in [9.17, 15) is 4.79 Å². The van der Waals surface area contributed by atoms with Crippen molar-refractivity contribution in [1.29, 1.82) is 0 Å². The Kier molecular flexibility index (Phi) is 5.42. The van der Waals surface area contributed by atoms with Crippen molar-refractivity contribution in [3.63, 3.8) is 0 Å². The Bertz CT molecular complexity index is 706. The molecule has 2 aliphatic rings. The van der Waals surface area contributed by atoms with Crippen molar-refractivity contribution >= 4 is 29.1 Å². The summed E-state index contributed by atoms with van der Waals surface area (Å²) in [5.41, 5.74) is 1.34. The van der Waals surface area contributed by atoms with Gasteiger partial charge in [-0.05, 0) is 60.5 Å². The second-order valence-corrected chi connectivity index (χ2v) is 6.97. The normalized spacial score (nSPS) is 25.8. The predicted molar refractivity (Wildman–Crippen MR) is 101 cm³/mol. The summed E-state index contributed by atoms with van der Waals surface area (Å²) in [7, 11) is 0. The number of benzene rings is 2. The molecule has 1 aliphatic heterocycles. The van der Waals surface area contributed by atoms with Crippen LogP contribution >= 0.6 is 12.4 Å². The lowest BCUT2D eigenvalue weighted by Gasteiger charge is -2.22. The SMILES string of the molecule is Cl.O=C(NCC1CCCNC1)C1CC1c1cccc2ccccc12. The first-order valence-electron chi connectivity index (χ1n) is 8.79. The van der Waals surface area contributed by atoms with Gasteiger partial charge in [0.1, 0.15) is 0 Å². The molecule has 3 unspecified atom stereocenters. The highest BCUT2D eigenvalue weighted by molar-refractivity contribution is 5.89. The minimum absolute atomic E-state index is 0. The number of carbonyl (C=O) groups excluding carboxylic acids is 1. The van der Waals surface area contributed by atoms with Crippen LogP contribution in [0.1, 0.15) is 30.7 Å². The summed E-state index contributed by atoms with van der Waals surface area (Å²) in [5.74, 6) is 1.40. The van der Waals surface area contributed by atoms with Gasteiger partial charge < -0.3 is 10.6 Å². The highest BCUT2D eigenvalue weighted by Gasteiger charge is 2.44. The smallest absolute Gasteiger partial charge is 0.223 e. The summed E-state index contributed by atoms with van der Waals surface area (Å²) in [6.45, 7) is 2.98. The zero-order valence-corrected chi connectivity index (χ0v) is 14.6. The van der Waals surface area contributed by atoms with E-state index < -0.39 is 0 Å². The standard InChI is InChI=1S/C20H24N2O.ClH/c23-20(22-13-14-5-4-10-21-12-14)19-11-18(19)17-9-3-7-15-6-1-2-8-16(15)17;/h1-3,6-9,14,18-19,21H,4-5,10-13H2,(H,22,23);1H. The Labute approximate surface area is 149 Å². The molecular formula is C20H25ClN2O. The summed E-state index contributed by atoms with van der Waals surface area (Å²) in [4.78, 5) is 12.4. The number of hydrogen-bond acceptors (Lipinski definition) is 2. The molecule has 3 atom stereocenters. The molecule has 2 aromatic rings. The average Bonchev–Trinajstić information content (AvgIpc) is 3.41. The average molecular weight is 345 g/mol. The Morgan fingerprint density at radius 1 is 1.17 bits per heavy atom. The molecule has 4 rings (SSSR count). The first-order valence-corrected chi connectivity index (χ1v) is 8.79. The summed E-state index contributed by atoms with van der Waals surface area (Å²) in [6, 6.07) is 14.9. The maximum atomic E-state index is 12.4. The monoisotopic (exact) mass is 344 g/mol. The number of rotatable bonds is 4. The molecule has 0 spiro atoms. The topological polar surface area (TPSA) is 41.1 Å². The van der Waals surface area contributed by atoms with Crippen LogP contribution in [-0.2, 0) is 4.79 Å². The molecule has 24 heavy (non-hydrogen) atoms. The van der Waals surface area contributed by atoms with Gasteiger partial charge in [-0.15, -0.1) is 12.4 Å². The van der Waals surface area contributed by atoms with E-state index in [1.807, 2.05) is 0 Å². The van der Waals surface area contributed by atoms with Crippen molar-refractivity contribution in [2.75, 3.05) is 19.6 Å². The summed E-state index contributed by atoms with van der Waals surface area (Å²) in [5, 5.41) is 9.16. The molecule has 1 amide bonds. The molecule has 1 saturated heterocycles. The number of piperidine rings is 1. The highest BCUT2D eigenvalue weighted by atomic mass is 35.5. The van der Waals surface area contributed by atoms with Crippen LogP contribution in [0.25, 0.3) is 10.8 Å². The number of carbonyl (C=O) groups is 1. The molecule has 128 valence electrons. The lowest BCUT2D eigenvalue weighted by atomic mass is 9.99. The maximum Gasteiger partial charge on any atom is 0.223 e. The minimum atomic E-state index is 0. The molecule has 2 aromatic carbocycles. The molecule has 1 saturated carbocycles. The molecule has 1 heterocycles. The van der Waals surface area contributed by atoms with Gasteiger partial charge in [-0.1, -0.05) is 42.5 Å². The van der Waals surface area contributed by atoms with Crippen LogP contribution in [0, 0.1) is 11.8 Å².